The number of hydrogen-bond donors (Lipinski definition) is 1. The van der Waals surface area contributed by atoms with Crippen LogP contribution in [0.4, 0.5) is 10.1 Å². The lowest BCUT2D eigenvalue weighted by atomic mass is 9.90. The van der Waals surface area contributed by atoms with Gasteiger partial charge < -0.3 is 14.4 Å². The van der Waals surface area contributed by atoms with Gasteiger partial charge in [-0.3, -0.25) is 9.59 Å². The fraction of sp³-hybridized carbons (Fsp3) is 0.130. The molecule has 0 bridgehead atoms. The fourth-order valence-corrected chi connectivity index (χ4v) is 3.52. The second-order valence-corrected chi connectivity index (χ2v) is 6.89. The Kier molecular flexibility index (Phi) is 4.86. The minimum atomic E-state index is -1.98. The summed E-state index contributed by atoms with van der Waals surface area (Å²) in [7, 11) is 0. The van der Waals surface area contributed by atoms with Gasteiger partial charge in [-0.2, -0.15) is 0 Å². The molecule has 0 radical (unpaired) electrons. The third-order valence-electron chi connectivity index (χ3n) is 4.88. The van der Waals surface area contributed by atoms with Gasteiger partial charge in [-0.05, 0) is 48.0 Å². The number of hydrogen-bond acceptors (Lipinski definition) is 4. The van der Waals surface area contributed by atoms with Gasteiger partial charge in [-0.15, -0.1) is 0 Å². The van der Waals surface area contributed by atoms with Crippen LogP contribution >= 0.6 is 0 Å². The normalized spacial score (nSPS) is 18.4. The van der Waals surface area contributed by atoms with Crippen LogP contribution in [0.5, 0.6) is 0 Å². The van der Waals surface area contributed by atoms with Crippen molar-refractivity contribution in [3.8, 4) is 0 Å². The van der Waals surface area contributed by atoms with Crippen LogP contribution in [0.25, 0.3) is 6.08 Å². The first kappa shape index (κ1) is 18.8. The van der Waals surface area contributed by atoms with Gasteiger partial charge in [-0.25, -0.2) is 4.39 Å². The van der Waals surface area contributed by atoms with Gasteiger partial charge in [0.15, 0.2) is 11.4 Å². The standard InChI is InChI=1S/C23H18FNO4/c24-17-6-3-5-16(13-17)15-25-21-9-2-1-8-20(21)23(28,22(25)27)14-18(26)10-11-19-7-4-12-29-19/h1-13,28H,14-15H2/b11-10+/t23-/m0/s1. The number of aliphatic hydroxyl groups is 1. The Morgan fingerprint density at radius 1 is 1.14 bits per heavy atom. The predicted octanol–water partition coefficient (Wildman–Crippen LogP) is 3.83. The Labute approximate surface area is 166 Å². The lowest BCUT2D eigenvalue weighted by Gasteiger charge is -2.22. The van der Waals surface area contributed by atoms with Gasteiger partial charge in [0.05, 0.1) is 24.9 Å². The highest BCUT2D eigenvalue weighted by Gasteiger charge is 2.50. The summed E-state index contributed by atoms with van der Waals surface area (Å²) in [5.41, 5.74) is -0.524. The minimum absolute atomic E-state index is 0.0896. The number of allylic oxidation sites excluding steroid dienone is 1. The summed E-state index contributed by atoms with van der Waals surface area (Å²) < 4.78 is 18.7. The Balaban J connectivity index is 1.61. The van der Waals surface area contributed by atoms with Crippen LogP contribution in [0, 0.1) is 5.82 Å². The van der Waals surface area contributed by atoms with Gasteiger partial charge in [-0.1, -0.05) is 30.3 Å². The van der Waals surface area contributed by atoms with Crippen molar-refractivity contribution in [2.24, 2.45) is 0 Å². The molecule has 1 aliphatic rings. The maximum atomic E-state index is 13.5. The number of furan rings is 1. The van der Waals surface area contributed by atoms with Crippen molar-refractivity contribution in [1.82, 2.24) is 0 Å². The molecule has 29 heavy (non-hydrogen) atoms. The van der Waals surface area contributed by atoms with Gasteiger partial charge >= 0.3 is 0 Å². The molecule has 1 aromatic heterocycles. The van der Waals surface area contributed by atoms with Gasteiger partial charge in [0.2, 0.25) is 0 Å². The molecule has 1 N–H and O–H groups in total. The van der Waals surface area contributed by atoms with E-state index in [0.717, 1.165) is 0 Å². The molecule has 0 spiro atoms. The first-order valence-electron chi connectivity index (χ1n) is 9.10. The molecule has 2 aromatic carbocycles. The Morgan fingerprint density at radius 2 is 1.97 bits per heavy atom. The van der Waals surface area contributed by atoms with Gasteiger partial charge in [0.25, 0.3) is 5.91 Å². The summed E-state index contributed by atoms with van der Waals surface area (Å²) in [6.07, 6.45) is 3.85. The van der Waals surface area contributed by atoms with Gasteiger partial charge in [0.1, 0.15) is 11.6 Å². The number of benzene rings is 2. The number of rotatable bonds is 6. The molecule has 1 amide bonds. The second kappa shape index (κ2) is 7.48. The summed E-state index contributed by atoms with van der Waals surface area (Å²) in [5, 5.41) is 11.2. The fourth-order valence-electron chi connectivity index (χ4n) is 3.52. The monoisotopic (exact) mass is 391 g/mol. The maximum Gasteiger partial charge on any atom is 0.264 e. The lowest BCUT2D eigenvalue weighted by Crippen LogP contribution is -2.41. The van der Waals surface area contributed by atoms with Crippen LogP contribution in [-0.2, 0) is 21.7 Å². The third kappa shape index (κ3) is 3.62. The molecule has 4 rings (SSSR count). The summed E-state index contributed by atoms with van der Waals surface area (Å²) >= 11 is 0. The highest BCUT2D eigenvalue weighted by molar-refractivity contribution is 6.10. The largest absolute Gasteiger partial charge is 0.465 e. The van der Waals surface area contributed by atoms with Crippen molar-refractivity contribution in [3.63, 3.8) is 0 Å². The molecule has 3 aromatic rings. The Morgan fingerprint density at radius 3 is 2.72 bits per heavy atom. The SMILES string of the molecule is O=C(/C=C/c1ccco1)C[C@@]1(O)C(=O)N(Cc2cccc(F)c2)c2ccccc21. The summed E-state index contributed by atoms with van der Waals surface area (Å²) in [5.74, 6) is -0.936. The lowest BCUT2D eigenvalue weighted by molar-refractivity contribution is -0.140. The number of carbonyl (C=O) groups is 2. The molecule has 2 heterocycles. The number of nitrogens with zero attached hydrogens (tertiary/aromatic N) is 1. The minimum Gasteiger partial charge on any atom is -0.465 e. The highest BCUT2D eigenvalue weighted by atomic mass is 19.1. The number of amides is 1. The molecule has 5 nitrogen and oxygen atoms in total. The number of anilines is 1. The van der Waals surface area contributed by atoms with E-state index in [2.05, 4.69) is 0 Å². The molecule has 0 fully saturated rings. The first-order valence-corrected chi connectivity index (χ1v) is 9.10. The topological polar surface area (TPSA) is 70.7 Å². The number of para-hydroxylation sites is 1. The van der Waals surface area contributed by atoms with Crippen LogP contribution in [-0.4, -0.2) is 16.8 Å². The molecule has 0 unspecified atom stereocenters. The van der Waals surface area contributed by atoms with E-state index in [1.165, 1.54) is 35.4 Å². The van der Waals surface area contributed by atoms with Crippen LogP contribution in [0.3, 0.4) is 0 Å². The van der Waals surface area contributed by atoms with Crippen molar-refractivity contribution >= 4 is 23.5 Å². The van der Waals surface area contributed by atoms with E-state index in [1.807, 2.05) is 0 Å². The van der Waals surface area contributed by atoms with Crippen molar-refractivity contribution in [1.29, 1.82) is 0 Å². The molecular formula is C23H18FNO4. The maximum absolute atomic E-state index is 13.5. The third-order valence-corrected chi connectivity index (χ3v) is 4.88. The second-order valence-electron chi connectivity index (χ2n) is 6.89. The van der Waals surface area contributed by atoms with E-state index in [9.17, 15) is 19.1 Å². The van der Waals surface area contributed by atoms with Crippen LogP contribution in [0.15, 0.2) is 77.4 Å². The van der Waals surface area contributed by atoms with E-state index in [1.54, 1.807) is 48.5 Å². The molecule has 0 saturated carbocycles. The van der Waals surface area contributed by atoms with E-state index in [-0.39, 0.29) is 6.54 Å². The van der Waals surface area contributed by atoms with Crippen molar-refractivity contribution < 1.29 is 23.5 Å². The molecule has 146 valence electrons. The van der Waals surface area contributed by atoms with Crippen molar-refractivity contribution in [2.45, 2.75) is 18.6 Å². The molecule has 6 heteroatoms. The van der Waals surface area contributed by atoms with Crippen molar-refractivity contribution in [3.05, 3.63) is 95.7 Å². The quantitative estimate of drug-likeness (QED) is 0.649. The molecule has 0 aliphatic carbocycles. The summed E-state index contributed by atoms with van der Waals surface area (Å²) in [6, 6.07) is 16.1. The molecule has 1 atom stereocenters. The molecular weight excluding hydrogens is 373 g/mol. The van der Waals surface area contributed by atoms with E-state index in [4.69, 9.17) is 4.42 Å². The van der Waals surface area contributed by atoms with Crippen LogP contribution in [0.1, 0.15) is 23.3 Å². The van der Waals surface area contributed by atoms with Crippen LogP contribution < -0.4 is 4.90 Å². The zero-order valence-corrected chi connectivity index (χ0v) is 15.4. The molecule has 0 saturated heterocycles. The summed E-state index contributed by atoms with van der Waals surface area (Å²) in [4.78, 5) is 27.0. The van der Waals surface area contributed by atoms with Gasteiger partial charge in [0, 0.05) is 5.56 Å². The zero-order chi connectivity index (χ0) is 20.4. The number of carbonyl (C=O) groups excluding carboxylic acids is 2. The number of ketones is 1. The average molecular weight is 391 g/mol. The highest BCUT2D eigenvalue weighted by Crippen LogP contribution is 2.43. The average Bonchev–Trinajstić information content (AvgIpc) is 3.29. The number of halogens is 1. The van der Waals surface area contributed by atoms with E-state index >= 15 is 0 Å². The van der Waals surface area contributed by atoms with E-state index in [0.29, 0.717) is 22.6 Å². The first-order chi connectivity index (χ1) is 14.0. The molecule has 1 aliphatic heterocycles. The summed E-state index contributed by atoms with van der Waals surface area (Å²) in [6.45, 7) is 0.0896. The van der Waals surface area contributed by atoms with Crippen molar-refractivity contribution in [2.75, 3.05) is 4.90 Å². The zero-order valence-electron chi connectivity index (χ0n) is 15.4. The Bertz CT molecular complexity index is 1090. The van der Waals surface area contributed by atoms with E-state index < -0.39 is 29.5 Å². The predicted molar refractivity (Wildman–Crippen MR) is 105 cm³/mol. The number of fused-ring (bicyclic) bond motifs is 1. The van der Waals surface area contributed by atoms with Crippen LogP contribution in [0.2, 0.25) is 0 Å². The smallest absolute Gasteiger partial charge is 0.264 e. The Hall–Kier alpha value is -3.51.